The van der Waals surface area contributed by atoms with Crippen LogP contribution in [-0.2, 0) is 4.79 Å². The lowest BCUT2D eigenvalue weighted by Crippen LogP contribution is -2.24. The predicted molar refractivity (Wildman–Crippen MR) is 116 cm³/mol. The number of benzene rings is 2. The standard InChI is InChI=1S/C22H16ClFN4O4/c1-30-16-3-4-18-13(9-16)8-14(22(23)27-18)11-25-28-21(29)12-31-19-5-2-15(24)10-17(19)20-6-7-26-32-20/h2-11H,12H2,1H3,(H,28,29)/b25-11+. The molecule has 10 heteroatoms. The van der Waals surface area contributed by atoms with Crippen LogP contribution in [0.4, 0.5) is 4.39 Å². The summed E-state index contributed by atoms with van der Waals surface area (Å²) >= 11 is 6.20. The molecule has 0 aliphatic heterocycles. The topological polar surface area (TPSA) is 98.8 Å². The summed E-state index contributed by atoms with van der Waals surface area (Å²) in [5.41, 5.74) is 3.90. The molecule has 2 aromatic heterocycles. The Balaban J connectivity index is 1.41. The molecule has 1 amide bonds. The zero-order chi connectivity index (χ0) is 22.5. The van der Waals surface area contributed by atoms with Gasteiger partial charge in [0.15, 0.2) is 12.4 Å². The Morgan fingerprint density at radius 2 is 2.12 bits per heavy atom. The van der Waals surface area contributed by atoms with Crippen LogP contribution in [0.3, 0.4) is 0 Å². The number of aromatic nitrogens is 2. The van der Waals surface area contributed by atoms with Crippen molar-refractivity contribution in [2.45, 2.75) is 0 Å². The average molecular weight is 455 g/mol. The summed E-state index contributed by atoms with van der Waals surface area (Å²) in [4.78, 5) is 16.4. The quantitative estimate of drug-likeness (QED) is 0.255. The number of pyridine rings is 1. The maximum atomic E-state index is 13.6. The first-order valence-electron chi connectivity index (χ1n) is 9.33. The number of nitrogens with one attached hydrogen (secondary N) is 1. The number of nitrogens with zero attached hydrogens (tertiary/aromatic N) is 3. The van der Waals surface area contributed by atoms with Crippen molar-refractivity contribution in [1.82, 2.24) is 15.6 Å². The van der Waals surface area contributed by atoms with Crippen molar-refractivity contribution in [2.75, 3.05) is 13.7 Å². The summed E-state index contributed by atoms with van der Waals surface area (Å²) in [5.74, 6) is 0.253. The first kappa shape index (κ1) is 21.3. The van der Waals surface area contributed by atoms with Gasteiger partial charge in [0, 0.05) is 17.0 Å². The normalized spacial score (nSPS) is 11.1. The number of carbonyl (C=O) groups excluding carboxylic acids is 1. The fourth-order valence-electron chi connectivity index (χ4n) is 2.89. The number of amides is 1. The van der Waals surface area contributed by atoms with Crippen LogP contribution < -0.4 is 14.9 Å². The van der Waals surface area contributed by atoms with Crippen LogP contribution in [0, 0.1) is 5.82 Å². The molecule has 0 unspecified atom stereocenters. The lowest BCUT2D eigenvalue weighted by atomic mass is 10.1. The van der Waals surface area contributed by atoms with Crippen molar-refractivity contribution in [3.63, 3.8) is 0 Å². The van der Waals surface area contributed by atoms with Gasteiger partial charge in [0.25, 0.3) is 5.91 Å². The lowest BCUT2D eigenvalue weighted by Gasteiger charge is -2.09. The first-order chi connectivity index (χ1) is 15.5. The van der Waals surface area contributed by atoms with Crippen LogP contribution in [0.25, 0.3) is 22.2 Å². The van der Waals surface area contributed by atoms with Gasteiger partial charge in [0.2, 0.25) is 0 Å². The highest BCUT2D eigenvalue weighted by Crippen LogP contribution is 2.30. The molecular formula is C22H16ClFN4O4. The second-order valence-electron chi connectivity index (χ2n) is 6.53. The van der Waals surface area contributed by atoms with Crippen LogP contribution in [0.1, 0.15) is 5.56 Å². The van der Waals surface area contributed by atoms with Crippen molar-refractivity contribution < 1.29 is 23.2 Å². The third-order valence-corrected chi connectivity index (χ3v) is 4.70. The molecule has 0 radical (unpaired) electrons. The summed E-state index contributed by atoms with van der Waals surface area (Å²) in [6.45, 7) is -0.356. The number of fused-ring (bicyclic) bond motifs is 1. The number of hydrazone groups is 1. The Morgan fingerprint density at radius 3 is 2.91 bits per heavy atom. The van der Waals surface area contributed by atoms with E-state index >= 15 is 0 Å². The molecule has 2 aromatic carbocycles. The maximum Gasteiger partial charge on any atom is 0.277 e. The van der Waals surface area contributed by atoms with Crippen LogP contribution in [0.2, 0.25) is 5.15 Å². The molecule has 4 rings (SSSR count). The molecule has 162 valence electrons. The van der Waals surface area contributed by atoms with E-state index in [0.29, 0.717) is 28.2 Å². The van der Waals surface area contributed by atoms with E-state index in [1.54, 1.807) is 31.4 Å². The summed E-state index contributed by atoms with van der Waals surface area (Å²) in [5, 5.41) is 8.54. The number of hydrogen-bond donors (Lipinski definition) is 1. The van der Waals surface area contributed by atoms with Crippen molar-refractivity contribution >= 4 is 34.6 Å². The Morgan fingerprint density at radius 1 is 1.25 bits per heavy atom. The monoisotopic (exact) mass is 454 g/mol. The third-order valence-electron chi connectivity index (χ3n) is 4.40. The largest absolute Gasteiger partial charge is 0.497 e. The van der Waals surface area contributed by atoms with Gasteiger partial charge in [0.05, 0.1) is 30.6 Å². The number of halogens is 2. The molecular weight excluding hydrogens is 439 g/mol. The molecule has 8 nitrogen and oxygen atoms in total. The fraction of sp³-hybridized carbons (Fsp3) is 0.0909. The van der Waals surface area contributed by atoms with Gasteiger partial charge >= 0.3 is 0 Å². The Labute approximate surface area is 186 Å². The number of ether oxygens (including phenoxy) is 2. The summed E-state index contributed by atoms with van der Waals surface area (Å²) in [6, 6.07) is 12.6. The molecule has 2 heterocycles. The zero-order valence-electron chi connectivity index (χ0n) is 16.7. The van der Waals surface area contributed by atoms with E-state index in [2.05, 4.69) is 20.7 Å². The van der Waals surface area contributed by atoms with E-state index in [1.165, 1.54) is 30.6 Å². The van der Waals surface area contributed by atoms with E-state index in [0.717, 1.165) is 5.39 Å². The Bertz CT molecular complexity index is 1290. The van der Waals surface area contributed by atoms with Gasteiger partial charge in [-0.05, 0) is 42.5 Å². The van der Waals surface area contributed by atoms with E-state index in [9.17, 15) is 9.18 Å². The minimum atomic E-state index is -0.527. The zero-order valence-corrected chi connectivity index (χ0v) is 17.5. The molecule has 0 fully saturated rings. The van der Waals surface area contributed by atoms with Crippen molar-refractivity contribution in [1.29, 1.82) is 0 Å². The van der Waals surface area contributed by atoms with Gasteiger partial charge in [0.1, 0.15) is 22.5 Å². The smallest absolute Gasteiger partial charge is 0.277 e. The molecule has 1 N–H and O–H groups in total. The molecule has 32 heavy (non-hydrogen) atoms. The van der Waals surface area contributed by atoms with E-state index in [4.69, 9.17) is 25.6 Å². The van der Waals surface area contributed by atoms with Gasteiger partial charge in [-0.3, -0.25) is 4.79 Å². The average Bonchev–Trinajstić information content (AvgIpc) is 3.33. The SMILES string of the molecule is COc1ccc2nc(Cl)c(/C=N/NC(=O)COc3ccc(F)cc3-c3ccno3)cc2c1. The molecule has 0 aliphatic carbocycles. The van der Waals surface area contributed by atoms with E-state index < -0.39 is 11.7 Å². The molecule has 0 saturated heterocycles. The molecule has 0 aliphatic rings. The van der Waals surface area contributed by atoms with Crippen molar-refractivity contribution in [2.24, 2.45) is 5.10 Å². The summed E-state index contributed by atoms with van der Waals surface area (Å²) < 4.78 is 29.4. The van der Waals surface area contributed by atoms with E-state index in [-0.39, 0.29) is 17.5 Å². The summed E-state index contributed by atoms with van der Waals surface area (Å²) in [6.07, 6.45) is 2.80. The van der Waals surface area contributed by atoms with Gasteiger partial charge < -0.3 is 14.0 Å². The second-order valence-corrected chi connectivity index (χ2v) is 6.88. The van der Waals surface area contributed by atoms with Gasteiger partial charge in [-0.15, -0.1) is 0 Å². The lowest BCUT2D eigenvalue weighted by molar-refractivity contribution is -0.123. The minimum absolute atomic E-state index is 0.236. The number of hydrogen-bond acceptors (Lipinski definition) is 7. The number of methoxy groups -OCH3 is 1. The Hall–Kier alpha value is -3.98. The molecule has 0 saturated carbocycles. The highest BCUT2D eigenvalue weighted by molar-refractivity contribution is 6.32. The van der Waals surface area contributed by atoms with Gasteiger partial charge in [-0.1, -0.05) is 16.8 Å². The van der Waals surface area contributed by atoms with Crippen molar-refractivity contribution in [3.8, 4) is 22.8 Å². The summed E-state index contributed by atoms with van der Waals surface area (Å²) in [7, 11) is 1.57. The predicted octanol–water partition coefficient (Wildman–Crippen LogP) is 4.22. The second kappa shape index (κ2) is 9.44. The maximum absolute atomic E-state index is 13.6. The number of rotatable bonds is 7. The van der Waals surface area contributed by atoms with Crippen LogP contribution in [0.5, 0.6) is 11.5 Å². The molecule has 0 spiro atoms. The minimum Gasteiger partial charge on any atom is -0.497 e. The van der Waals surface area contributed by atoms with Gasteiger partial charge in [-0.25, -0.2) is 14.8 Å². The van der Waals surface area contributed by atoms with Crippen LogP contribution in [-0.4, -0.2) is 36.0 Å². The van der Waals surface area contributed by atoms with Crippen molar-refractivity contribution in [3.05, 3.63) is 71.3 Å². The molecule has 0 bridgehead atoms. The van der Waals surface area contributed by atoms with Crippen LogP contribution >= 0.6 is 11.6 Å². The van der Waals surface area contributed by atoms with E-state index in [1.807, 2.05) is 6.07 Å². The third kappa shape index (κ3) is 4.84. The highest BCUT2D eigenvalue weighted by atomic mass is 35.5. The van der Waals surface area contributed by atoms with Crippen LogP contribution in [0.15, 0.2) is 64.4 Å². The highest BCUT2D eigenvalue weighted by Gasteiger charge is 2.13. The fourth-order valence-corrected chi connectivity index (χ4v) is 3.08. The number of carbonyl (C=O) groups is 1. The first-order valence-corrected chi connectivity index (χ1v) is 9.71. The molecule has 4 aromatic rings. The molecule has 0 atom stereocenters. The Kier molecular flexibility index (Phi) is 6.27. The van der Waals surface area contributed by atoms with Gasteiger partial charge in [-0.2, -0.15) is 5.10 Å².